The van der Waals surface area contributed by atoms with Gasteiger partial charge in [0.1, 0.15) is 73.5 Å². The molecule has 0 radical (unpaired) electrons. The number of carboxylic acids is 1. The van der Waals surface area contributed by atoms with Gasteiger partial charge in [-0.25, -0.2) is 14.0 Å². The summed E-state index contributed by atoms with van der Waals surface area (Å²) in [4.78, 5) is 66.9. The van der Waals surface area contributed by atoms with E-state index in [-0.39, 0.29) is 50.6 Å². The predicted molar refractivity (Wildman–Crippen MR) is 270 cm³/mol. The minimum atomic E-state index is -3.23. The third-order valence-corrected chi connectivity index (χ3v) is 14.4. The summed E-state index contributed by atoms with van der Waals surface area (Å²) in [5.74, 6) is -10.2. The highest BCUT2D eigenvalue weighted by molar-refractivity contribution is 5.89. The van der Waals surface area contributed by atoms with Crippen LogP contribution < -0.4 is 26.9 Å². The molecule has 7 rings (SSSR count). The SMILES string of the molecule is CC(=O)NC1C(O)CC(OC2C(O)C(CO)OC(OC3CC(C(=O)NCCNC(=O)COCCO)CC(N4C=C(c5cccc(F)c5)NN4)C3OC3OC(C)C(O)C(O)C3O)C2OC(=O)c2ccccc2)(C(=O)O)OC1[C@H](O)[C@H](O)CO. The van der Waals surface area contributed by atoms with Crippen molar-refractivity contribution in [3.05, 3.63) is 77.7 Å². The number of carbonyl (C=O) groups is 5. The van der Waals surface area contributed by atoms with Gasteiger partial charge in [-0.3, -0.25) is 19.4 Å². The molecule has 5 aliphatic rings. The molecular weight excluding hydrogens is 1100 g/mol. The van der Waals surface area contributed by atoms with Crippen LogP contribution in [0.3, 0.4) is 0 Å². The molecule has 2 aromatic carbocycles. The summed E-state index contributed by atoms with van der Waals surface area (Å²) in [5.41, 5.74) is 6.36. The number of nitrogens with one attached hydrogen (secondary N) is 5. The summed E-state index contributed by atoms with van der Waals surface area (Å²) in [6.07, 6.45) is -30.8. The molecular formula is C51H71FN6O24. The number of aliphatic hydroxyl groups is 10. The van der Waals surface area contributed by atoms with Crippen molar-refractivity contribution in [2.45, 2.75) is 149 Å². The van der Waals surface area contributed by atoms with Gasteiger partial charge < -0.3 is 115 Å². The number of esters is 1. The van der Waals surface area contributed by atoms with E-state index in [1.165, 1.54) is 60.6 Å². The Bertz CT molecular complexity index is 2510. The van der Waals surface area contributed by atoms with Crippen molar-refractivity contribution in [3.63, 3.8) is 0 Å². The van der Waals surface area contributed by atoms with Crippen LogP contribution in [0, 0.1) is 11.7 Å². The number of halogens is 1. The Hall–Kier alpha value is -5.66. The van der Waals surface area contributed by atoms with Crippen LogP contribution >= 0.6 is 0 Å². The van der Waals surface area contributed by atoms with Crippen molar-refractivity contribution in [2.75, 3.05) is 46.1 Å². The molecule has 31 heteroatoms. The lowest BCUT2D eigenvalue weighted by molar-refractivity contribution is -0.378. The van der Waals surface area contributed by atoms with E-state index in [0.29, 0.717) is 5.56 Å². The number of amides is 3. The largest absolute Gasteiger partial charge is 0.477 e. The van der Waals surface area contributed by atoms with Gasteiger partial charge >= 0.3 is 11.9 Å². The highest BCUT2D eigenvalue weighted by Gasteiger charge is 2.61. The average molecular weight is 1170 g/mol. The highest BCUT2D eigenvalue weighted by Crippen LogP contribution is 2.42. The maximum absolute atomic E-state index is 14.6. The van der Waals surface area contributed by atoms with Gasteiger partial charge in [0.05, 0.1) is 68.1 Å². The third kappa shape index (κ3) is 15.2. The molecule has 3 saturated heterocycles. The van der Waals surface area contributed by atoms with Gasteiger partial charge in [0.25, 0.3) is 5.79 Å². The first kappa shape index (κ1) is 63.9. The van der Waals surface area contributed by atoms with Crippen LogP contribution in [0.4, 0.5) is 4.39 Å². The van der Waals surface area contributed by atoms with Crippen LogP contribution in [0.25, 0.3) is 5.70 Å². The lowest BCUT2D eigenvalue weighted by Crippen LogP contribution is -2.71. The van der Waals surface area contributed by atoms with E-state index in [1.54, 1.807) is 12.1 Å². The fourth-order valence-electron chi connectivity index (χ4n) is 10.2. The maximum atomic E-state index is 14.6. The fraction of sp³-hybridized carbons (Fsp3) is 0.627. The molecule has 3 amide bonds. The van der Waals surface area contributed by atoms with Gasteiger partial charge in [-0.1, -0.05) is 30.3 Å². The molecule has 2 aromatic rings. The van der Waals surface area contributed by atoms with Crippen molar-refractivity contribution in [2.24, 2.45) is 5.92 Å². The van der Waals surface area contributed by atoms with E-state index in [2.05, 4.69) is 26.9 Å². The predicted octanol–water partition coefficient (Wildman–Crippen LogP) is -6.09. The van der Waals surface area contributed by atoms with Crippen LogP contribution in [0.15, 0.2) is 60.8 Å². The summed E-state index contributed by atoms with van der Waals surface area (Å²) in [7, 11) is 0. The van der Waals surface area contributed by atoms with Crippen molar-refractivity contribution in [3.8, 4) is 0 Å². The number of hydrogen-bond donors (Lipinski definition) is 16. The Morgan fingerprint density at radius 3 is 2.27 bits per heavy atom. The summed E-state index contributed by atoms with van der Waals surface area (Å²) >= 11 is 0. The zero-order chi connectivity index (χ0) is 59.6. The van der Waals surface area contributed by atoms with E-state index >= 15 is 0 Å². The molecule has 0 spiro atoms. The molecule has 30 nitrogen and oxygen atoms in total. The number of nitrogens with zero attached hydrogens (tertiary/aromatic N) is 1. The van der Waals surface area contributed by atoms with Crippen molar-refractivity contribution in [1.82, 2.24) is 31.9 Å². The monoisotopic (exact) mass is 1170 g/mol. The lowest BCUT2D eigenvalue weighted by Gasteiger charge is -2.51. The van der Waals surface area contributed by atoms with Crippen molar-refractivity contribution < 1.29 is 122 Å². The quantitative estimate of drug-likeness (QED) is 0.0344. The van der Waals surface area contributed by atoms with Crippen LogP contribution in [-0.2, 0) is 57.1 Å². The summed E-state index contributed by atoms with van der Waals surface area (Å²) in [5, 5.41) is 128. The van der Waals surface area contributed by atoms with Gasteiger partial charge in [0.15, 0.2) is 18.7 Å². The zero-order valence-corrected chi connectivity index (χ0v) is 44.4. The molecule has 0 aromatic heterocycles. The molecule has 16 N–H and O–H groups in total. The van der Waals surface area contributed by atoms with E-state index in [0.717, 1.165) is 6.92 Å². The number of hydrogen-bond acceptors (Lipinski definition) is 26. The van der Waals surface area contributed by atoms with Crippen molar-refractivity contribution in [1.29, 1.82) is 0 Å². The van der Waals surface area contributed by atoms with Gasteiger partial charge in [-0.05, 0) is 44.0 Å². The van der Waals surface area contributed by atoms with Crippen molar-refractivity contribution >= 4 is 35.4 Å². The zero-order valence-electron chi connectivity index (χ0n) is 44.4. The smallest absolute Gasteiger partial charge is 0.364 e. The number of ether oxygens (including phenoxy) is 8. The van der Waals surface area contributed by atoms with E-state index in [4.69, 9.17) is 43.0 Å². The number of carbonyl (C=O) groups excluding carboxylic acids is 4. The minimum Gasteiger partial charge on any atom is -0.477 e. The lowest BCUT2D eigenvalue weighted by atomic mass is 9.80. The summed E-state index contributed by atoms with van der Waals surface area (Å²) in [6.45, 7) is -0.877. The van der Waals surface area contributed by atoms with Gasteiger partial charge in [-0.15, -0.1) is 5.53 Å². The molecule has 4 aliphatic heterocycles. The molecule has 18 unspecified atom stereocenters. The Morgan fingerprint density at radius 1 is 0.866 bits per heavy atom. The van der Waals surface area contributed by atoms with E-state index < -0.39 is 183 Å². The van der Waals surface area contributed by atoms with Crippen LogP contribution in [0.2, 0.25) is 0 Å². The second kappa shape index (κ2) is 28.8. The van der Waals surface area contributed by atoms with Crippen LogP contribution in [0.1, 0.15) is 49.0 Å². The molecule has 1 aliphatic carbocycles. The maximum Gasteiger partial charge on any atom is 0.364 e. The standard InChI is InChI=1S/C51H71FN6O24/c1-23-37(66)40(69)41(70)48(76-23)80-42-30(58-19-29(56-57-58)26-9-6-10-28(52)15-26)16-27(46(71)54-12-11-53-35(65)22-75-14-13-59)17-33(42)77-49-45(79-47(72)25-7-4-3-5-8-25)44(39(68)34(21-61)78-49)82-51(50(73)74)18-31(63)36(55-24(2)62)43(81-51)38(67)32(64)20-60/h3-10,15,19,23,27,30-34,36-45,48-49,56-57,59-61,63-64,66-70H,11-14,16-18,20-22H2,1-2H3,(H,53,65)(H,54,71)(H,55,62)(H,73,74)/t23?,27?,30?,31?,32-,33?,34?,36?,37?,38-,39?,40?,41?,42?,43?,44?,45?,48?,49?,51?/m1/s1. The number of aliphatic hydroxyl groups excluding tert-OH is 10. The van der Waals surface area contributed by atoms with Gasteiger partial charge in [0, 0.05) is 44.1 Å². The first-order valence-electron chi connectivity index (χ1n) is 26.3. The van der Waals surface area contributed by atoms with Crippen LogP contribution in [-0.4, -0.2) is 253 Å². The average Bonchev–Trinajstić information content (AvgIpc) is 2.36. The fourth-order valence-corrected chi connectivity index (χ4v) is 10.2. The Kier molecular flexibility index (Phi) is 22.4. The third-order valence-electron chi connectivity index (χ3n) is 14.4. The van der Waals surface area contributed by atoms with E-state index in [1.807, 2.05) is 0 Å². The molecule has 4 fully saturated rings. The van der Waals surface area contributed by atoms with Gasteiger partial charge in [0.2, 0.25) is 17.7 Å². The molecule has 4 heterocycles. The number of benzene rings is 2. The molecule has 456 valence electrons. The first-order chi connectivity index (χ1) is 39.1. The normalized spacial score (nSPS) is 34.6. The molecule has 82 heavy (non-hydrogen) atoms. The number of carboxylic acid groups (broad SMARTS) is 1. The first-order valence-corrected chi connectivity index (χ1v) is 26.3. The number of hydrazine groups is 2. The number of rotatable bonds is 24. The minimum absolute atomic E-state index is 0.0969. The molecule has 20 atom stereocenters. The Labute approximate surface area is 467 Å². The molecule has 1 saturated carbocycles. The topological polar surface area (TPSA) is 445 Å². The second-order valence-corrected chi connectivity index (χ2v) is 20.2. The Balaban J connectivity index is 1.32. The summed E-state index contributed by atoms with van der Waals surface area (Å²) in [6, 6.07) is 9.75. The van der Waals surface area contributed by atoms with Gasteiger partial charge in [-0.2, -0.15) is 0 Å². The Morgan fingerprint density at radius 2 is 1.60 bits per heavy atom. The second-order valence-electron chi connectivity index (χ2n) is 20.2. The summed E-state index contributed by atoms with van der Waals surface area (Å²) < 4.78 is 63.0. The van der Waals surface area contributed by atoms with E-state index in [9.17, 15) is 79.4 Å². The highest BCUT2D eigenvalue weighted by atomic mass is 19.1. The molecule has 0 bridgehead atoms. The number of aliphatic carboxylic acids is 1. The van der Waals surface area contributed by atoms with Crippen LogP contribution in [0.5, 0.6) is 0 Å².